The average Bonchev–Trinajstić information content (AvgIpc) is 2.90. The van der Waals surface area contributed by atoms with E-state index in [2.05, 4.69) is 0 Å². The lowest BCUT2D eigenvalue weighted by Gasteiger charge is -2.22. The van der Waals surface area contributed by atoms with Gasteiger partial charge < -0.3 is 28.4 Å². The van der Waals surface area contributed by atoms with Gasteiger partial charge in [0.05, 0.1) is 61.0 Å². The number of ketones is 1. The van der Waals surface area contributed by atoms with E-state index in [9.17, 15) is 4.79 Å². The molecule has 3 aromatic carbocycles. The first kappa shape index (κ1) is 27.6. The van der Waals surface area contributed by atoms with Crippen molar-refractivity contribution in [3.8, 4) is 39.5 Å². The second-order valence-electron chi connectivity index (χ2n) is 9.39. The maximum absolute atomic E-state index is 12.8. The minimum atomic E-state index is -0.0531. The summed E-state index contributed by atoms with van der Waals surface area (Å²) >= 11 is 0. The van der Waals surface area contributed by atoms with Crippen LogP contribution in [0.5, 0.6) is 17.2 Å². The van der Waals surface area contributed by atoms with E-state index in [1.54, 1.807) is 28.3 Å². The Hall–Kier alpha value is -3.39. The SMILES string of the molecule is COc1c2cc(C)cc1-c1cc(C(C)=O)cc(c1OC)-c1cc(C)cc(c1OC)COCCOCCOC2. The monoisotopic (exact) mass is 520 g/mol. The smallest absolute Gasteiger partial charge is 0.159 e. The summed E-state index contributed by atoms with van der Waals surface area (Å²) in [4.78, 5) is 12.8. The van der Waals surface area contributed by atoms with Crippen molar-refractivity contribution < 1.29 is 33.2 Å². The Bertz CT molecular complexity index is 1220. The van der Waals surface area contributed by atoms with Crippen LogP contribution in [0, 0.1) is 13.8 Å². The van der Waals surface area contributed by atoms with E-state index in [0.29, 0.717) is 62.5 Å². The number of hydrogen-bond donors (Lipinski definition) is 0. The minimum Gasteiger partial charge on any atom is -0.496 e. The molecule has 1 heterocycles. The molecule has 0 N–H and O–H groups in total. The largest absolute Gasteiger partial charge is 0.496 e. The number of ether oxygens (including phenoxy) is 6. The van der Waals surface area contributed by atoms with Gasteiger partial charge in [0.1, 0.15) is 17.2 Å². The highest BCUT2D eigenvalue weighted by Gasteiger charge is 2.24. The van der Waals surface area contributed by atoms with Crippen molar-refractivity contribution in [1.82, 2.24) is 0 Å². The zero-order valence-corrected chi connectivity index (χ0v) is 23.1. The standard InChI is InChI=1S/C31H36O7/c1-19-11-23-17-37-9-7-36-8-10-38-18-24-12-20(2)14-26(30(24)34-5)28-16-22(21(3)32)15-27(31(28)35-6)25(13-19)29(23)33-4/h11-16H,7-10,17-18H2,1-6H3. The Morgan fingerprint density at radius 1 is 0.605 bits per heavy atom. The third-order valence-corrected chi connectivity index (χ3v) is 6.57. The van der Waals surface area contributed by atoms with Gasteiger partial charge in [-0.3, -0.25) is 4.79 Å². The first-order valence-corrected chi connectivity index (χ1v) is 12.7. The molecule has 0 atom stereocenters. The Morgan fingerprint density at radius 2 is 1.00 bits per heavy atom. The van der Waals surface area contributed by atoms with E-state index in [1.165, 1.54) is 0 Å². The molecule has 0 unspecified atom stereocenters. The lowest BCUT2D eigenvalue weighted by molar-refractivity contribution is 0.00653. The number of carbonyl (C=O) groups is 1. The summed E-state index contributed by atoms with van der Waals surface area (Å²) in [6, 6.07) is 11.9. The molecule has 7 nitrogen and oxygen atoms in total. The van der Waals surface area contributed by atoms with Crippen LogP contribution in [0.1, 0.15) is 39.5 Å². The molecule has 38 heavy (non-hydrogen) atoms. The summed E-state index contributed by atoms with van der Waals surface area (Å²) in [6.45, 7) is 8.13. The van der Waals surface area contributed by atoms with Gasteiger partial charge in [0.15, 0.2) is 5.78 Å². The van der Waals surface area contributed by atoms with Crippen LogP contribution in [0.3, 0.4) is 0 Å². The molecule has 1 aliphatic rings. The number of benzene rings is 3. The molecule has 0 amide bonds. The van der Waals surface area contributed by atoms with Gasteiger partial charge in [-0.2, -0.15) is 0 Å². The van der Waals surface area contributed by atoms with Crippen molar-refractivity contribution in [2.24, 2.45) is 0 Å². The molecular formula is C31H36O7. The van der Waals surface area contributed by atoms with E-state index < -0.39 is 0 Å². The van der Waals surface area contributed by atoms with Gasteiger partial charge in [-0.15, -0.1) is 0 Å². The second-order valence-corrected chi connectivity index (χ2v) is 9.39. The van der Waals surface area contributed by atoms with Crippen LogP contribution in [0.25, 0.3) is 22.3 Å². The molecule has 202 valence electrons. The molecule has 0 aromatic heterocycles. The fourth-order valence-corrected chi connectivity index (χ4v) is 4.95. The lowest BCUT2D eigenvalue weighted by Crippen LogP contribution is -2.10. The van der Waals surface area contributed by atoms with E-state index in [4.69, 9.17) is 28.4 Å². The van der Waals surface area contributed by atoms with Gasteiger partial charge in [-0.1, -0.05) is 12.1 Å². The predicted octanol–water partition coefficient (Wildman–Crippen LogP) is 5.93. The molecule has 0 saturated heterocycles. The fraction of sp³-hybridized carbons (Fsp3) is 0.387. The van der Waals surface area contributed by atoms with E-state index in [0.717, 1.165) is 44.5 Å². The molecule has 0 aliphatic carbocycles. The molecule has 1 aliphatic heterocycles. The van der Waals surface area contributed by atoms with Crippen LogP contribution in [-0.2, 0) is 27.4 Å². The van der Waals surface area contributed by atoms with E-state index in [-0.39, 0.29) is 5.78 Å². The number of carbonyl (C=O) groups excluding carboxylic acids is 1. The van der Waals surface area contributed by atoms with Crippen LogP contribution in [-0.4, -0.2) is 53.5 Å². The highest BCUT2D eigenvalue weighted by molar-refractivity contribution is 6.00. The van der Waals surface area contributed by atoms with Crippen LogP contribution >= 0.6 is 0 Å². The number of Topliss-reactive ketones (excluding diaryl/α,β-unsaturated/α-hetero) is 1. The molecule has 7 heteroatoms. The molecule has 0 radical (unpaired) electrons. The third kappa shape index (κ3) is 5.85. The number of fused-ring (bicyclic) bond motifs is 8. The van der Waals surface area contributed by atoms with Gasteiger partial charge in [0.25, 0.3) is 0 Å². The Labute approximate surface area is 224 Å². The maximum Gasteiger partial charge on any atom is 0.159 e. The highest BCUT2D eigenvalue weighted by atomic mass is 16.5. The van der Waals surface area contributed by atoms with Gasteiger partial charge in [0.2, 0.25) is 0 Å². The van der Waals surface area contributed by atoms with Crippen molar-refractivity contribution in [2.75, 3.05) is 47.8 Å². The van der Waals surface area contributed by atoms with Crippen molar-refractivity contribution in [3.63, 3.8) is 0 Å². The normalized spacial score (nSPS) is 14.3. The summed E-state index contributed by atoms with van der Waals surface area (Å²) in [5, 5.41) is 0. The quantitative estimate of drug-likeness (QED) is 0.395. The number of rotatable bonds is 4. The molecule has 6 bridgehead atoms. The Morgan fingerprint density at radius 3 is 1.39 bits per heavy atom. The molecule has 0 saturated carbocycles. The first-order chi connectivity index (χ1) is 18.4. The van der Waals surface area contributed by atoms with Gasteiger partial charge in [0, 0.05) is 38.9 Å². The van der Waals surface area contributed by atoms with Crippen molar-refractivity contribution in [1.29, 1.82) is 0 Å². The molecule has 3 aromatic rings. The van der Waals surface area contributed by atoms with Crippen LogP contribution in [0.15, 0.2) is 36.4 Å². The molecular weight excluding hydrogens is 484 g/mol. The first-order valence-electron chi connectivity index (χ1n) is 12.7. The molecule has 0 fully saturated rings. The summed E-state index contributed by atoms with van der Waals surface area (Å²) in [7, 11) is 4.93. The summed E-state index contributed by atoms with van der Waals surface area (Å²) in [6.07, 6.45) is 0. The van der Waals surface area contributed by atoms with Gasteiger partial charge in [-0.05, 0) is 56.2 Å². The summed E-state index contributed by atoms with van der Waals surface area (Å²) in [5.41, 5.74) is 7.58. The Kier molecular flexibility index (Phi) is 9.05. The number of aryl methyl sites for hydroxylation is 2. The zero-order valence-electron chi connectivity index (χ0n) is 23.1. The predicted molar refractivity (Wildman–Crippen MR) is 147 cm³/mol. The number of hydrogen-bond acceptors (Lipinski definition) is 7. The fourth-order valence-electron chi connectivity index (χ4n) is 4.95. The zero-order chi connectivity index (χ0) is 27.2. The molecule has 0 spiro atoms. The van der Waals surface area contributed by atoms with Gasteiger partial charge in [-0.25, -0.2) is 0 Å². The minimum absolute atomic E-state index is 0.0531. The van der Waals surface area contributed by atoms with Crippen LogP contribution in [0.2, 0.25) is 0 Å². The lowest BCUT2D eigenvalue weighted by atomic mass is 9.89. The van der Waals surface area contributed by atoms with Crippen molar-refractivity contribution in [2.45, 2.75) is 34.0 Å². The maximum atomic E-state index is 12.8. The van der Waals surface area contributed by atoms with Gasteiger partial charge >= 0.3 is 0 Å². The Balaban J connectivity index is 2.07. The summed E-state index contributed by atoms with van der Waals surface area (Å²) < 4.78 is 35.4. The van der Waals surface area contributed by atoms with E-state index >= 15 is 0 Å². The van der Waals surface area contributed by atoms with Crippen molar-refractivity contribution >= 4 is 5.78 Å². The van der Waals surface area contributed by atoms with Crippen molar-refractivity contribution in [3.05, 3.63) is 64.2 Å². The molecule has 4 rings (SSSR count). The highest BCUT2D eigenvalue weighted by Crippen LogP contribution is 2.47. The summed E-state index contributed by atoms with van der Waals surface area (Å²) in [5.74, 6) is 1.92. The number of methoxy groups -OCH3 is 3. The van der Waals surface area contributed by atoms with Crippen LogP contribution < -0.4 is 14.2 Å². The second kappa shape index (κ2) is 12.4. The van der Waals surface area contributed by atoms with E-state index in [1.807, 2.05) is 50.2 Å². The van der Waals surface area contributed by atoms with Crippen LogP contribution in [0.4, 0.5) is 0 Å². The third-order valence-electron chi connectivity index (χ3n) is 6.57. The average molecular weight is 521 g/mol. The topological polar surface area (TPSA) is 72.5 Å².